The molecule has 0 bridgehead atoms. The lowest BCUT2D eigenvalue weighted by Crippen LogP contribution is -2.27. The van der Waals surface area contributed by atoms with Crippen molar-refractivity contribution in [3.05, 3.63) is 79.6 Å². The number of thiazole rings is 2. The molecule has 0 aliphatic carbocycles. The molecule has 0 aliphatic heterocycles. The minimum absolute atomic E-state index is 0.253. The van der Waals surface area contributed by atoms with Gasteiger partial charge in [0.05, 0.1) is 21.7 Å². The Morgan fingerprint density at radius 3 is 2.14 bits per heavy atom. The summed E-state index contributed by atoms with van der Waals surface area (Å²) in [6, 6.07) is 0. The fraction of sp³-hybridized carbons (Fsp3) is 0.429. The van der Waals surface area contributed by atoms with Crippen molar-refractivity contribution in [3.63, 3.8) is 0 Å². The second-order valence-electron chi connectivity index (χ2n) is 12.0. The molecule has 43 heavy (non-hydrogen) atoms. The van der Waals surface area contributed by atoms with Crippen molar-refractivity contribution in [3.8, 4) is 0 Å². The van der Waals surface area contributed by atoms with Crippen LogP contribution in [-0.4, -0.2) is 33.1 Å². The lowest BCUT2D eigenvalue weighted by Gasteiger charge is -2.21. The summed E-state index contributed by atoms with van der Waals surface area (Å²) in [6.45, 7) is 20.9. The van der Waals surface area contributed by atoms with Gasteiger partial charge in [0.1, 0.15) is 21.2 Å². The Kier molecular flexibility index (Phi) is 13.3. The number of ether oxygens (including phenoxy) is 2. The fourth-order valence-electron chi connectivity index (χ4n) is 3.64. The second kappa shape index (κ2) is 15.9. The van der Waals surface area contributed by atoms with Crippen LogP contribution >= 0.6 is 22.7 Å². The molecule has 0 fully saturated rings. The Morgan fingerprint density at radius 1 is 0.907 bits per heavy atom. The number of esters is 2. The van der Waals surface area contributed by atoms with E-state index in [1.54, 1.807) is 22.7 Å². The van der Waals surface area contributed by atoms with Crippen LogP contribution in [0.5, 0.6) is 0 Å². The lowest BCUT2D eigenvalue weighted by molar-refractivity contribution is -0.158. The van der Waals surface area contributed by atoms with Crippen LogP contribution in [0.2, 0.25) is 0 Å². The number of rotatable bonds is 10. The van der Waals surface area contributed by atoms with Gasteiger partial charge < -0.3 is 9.47 Å². The molecule has 2 aromatic rings. The van der Waals surface area contributed by atoms with Gasteiger partial charge in [-0.2, -0.15) is 0 Å². The van der Waals surface area contributed by atoms with Crippen LogP contribution in [0.3, 0.4) is 0 Å². The third-order valence-electron chi connectivity index (χ3n) is 5.73. The van der Waals surface area contributed by atoms with Crippen LogP contribution < -0.4 is 9.88 Å². The molecular weight excluding hydrogens is 577 g/mol. The Morgan fingerprint density at radius 2 is 1.56 bits per heavy atom. The van der Waals surface area contributed by atoms with Crippen molar-refractivity contribution in [2.45, 2.75) is 87.4 Å². The molecule has 6 nitrogen and oxygen atoms in total. The predicted molar refractivity (Wildman–Crippen MR) is 182 cm³/mol. The van der Waals surface area contributed by atoms with Gasteiger partial charge in [-0.15, -0.1) is 22.7 Å². The van der Waals surface area contributed by atoms with Crippen molar-refractivity contribution in [1.29, 1.82) is 0 Å². The number of carbonyl (C=O) groups excluding carboxylic acids is 2. The van der Waals surface area contributed by atoms with Crippen molar-refractivity contribution >= 4 is 57.9 Å². The summed E-state index contributed by atoms with van der Waals surface area (Å²) >= 11 is 3.19. The standard InChI is InChI=1S/C35H46N2O4S2/c1-12-16-26(33(39)41-35(9,10)11)18-15-17-23(4)30-37-28(14-3)29(43-30)21-27-22-36-31(42-27)25(13-2)20-19-24(5)32(38)40-34(6,7)8/h12-22,24,26H,1-11H3/b16-12-,18-15?,20-19-,23-17+,25-13+,28-14+,29-21+. The van der Waals surface area contributed by atoms with Crippen molar-refractivity contribution in [1.82, 2.24) is 9.97 Å². The molecule has 2 heterocycles. The molecule has 8 heteroatoms. The zero-order valence-corrected chi connectivity index (χ0v) is 29.0. The van der Waals surface area contributed by atoms with Gasteiger partial charge in [0.2, 0.25) is 0 Å². The number of aromatic nitrogens is 2. The number of hydrogen-bond donors (Lipinski definition) is 0. The maximum absolute atomic E-state index is 12.6. The van der Waals surface area contributed by atoms with Gasteiger partial charge in [-0.3, -0.25) is 9.59 Å². The molecule has 0 radical (unpaired) electrons. The first kappa shape index (κ1) is 35.8. The molecule has 0 N–H and O–H groups in total. The first-order chi connectivity index (χ1) is 20.1. The second-order valence-corrected chi connectivity index (χ2v) is 14.1. The van der Waals surface area contributed by atoms with Crippen LogP contribution in [0.15, 0.2) is 54.8 Å². The van der Waals surface area contributed by atoms with E-state index in [1.165, 1.54) is 0 Å². The molecule has 0 saturated carbocycles. The highest BCUT2D eigenvalue weighted by molar-refractivity contribution is 7.14. The molecule has 2 unspecified atom stereocenters. The zero-order valence-electron chi connectivity index (χ0n) is 27.3. The molecule has 0 saturated heterocycles. The van der Waals surface area contributed by atoms with Crippen molar-refractivity contribution in [2.24, 2.45) is 11.8 Å². The van der Waals surface area contributed by atoms with Crippen molar-refractivity contribution < 1.29 is 19.1 Å². The van der Waals surface area contributed by atoms with Gasteiger partial charge >= 0.3 is 11.9 Å². The summed E-state index contributed by atoms with van der Waals surface area (Å²) in [6.07, 6.45) is 21.1. The van der Waals surface area contributed by atoms with Crippen molar-refractivity contribution in [2.75, 3.05) is 0 Å². The summed E-state index contributed by atoms with van der Waals surface area (Å²) in [4.78, 5) is 35.4. The fourth-order valence-corrected chi connectivity index (χ4v) is 5.66. The Balaban J connectivity index is 2.27. The van der Waals surface area contributed by atoms with Gasteiger partial charge in [0.15, 0.2) is 0 Å². The average Bonchev–Trinajstić information content (AvgIpc) is 3.53. The van der Waals surface area contributed by atoms with E-state index >= 15 is 0 Å². The molecule has 0 spiro atoms. The first-order valence-electron chi connectivity index (χ1n) is 14.5. The monoisotopic (exact) mass is 622 g/mol. The number of allylic oxidation sites excluding steroid dienone is 7. The van der Waals surface area contributed by atoms with Gasteiger partial charge in [0.25, 0.3) is 0 Å². The summed E-state index contributed by atoms with van der Waals surface area (Å²) in [5, 5.41) is 2.68. The predicted octanol–water partition coefficient (Wildman–Crippen LogP) is 7.66. The van der Waals surface area contributed by atoms with E-state index in [-0.39, 0.29) is 17.9 Å². The van der Waals surface area contributed by atoms with Gasteiger partial charge in [-0.25, -0.2) is 9.97 Å². The van der Waals surface area contributed by atoms with Crippen LogP contribution in [0.1, 0.15) is 91.1 Å². The topological polar surface area (TPSA) is 78.4 Å². The first-order valence-corrected chi connectivity index (χ1v) is 16.1. The summed E-state index contributed by atoms with van der Waals surface area (Å²) in [5.74, 6) is -1.35. The van der Waals surface area contributed by atoms with Crippen LogP contribution in [0, 0.1) is 11.8 Å². The Bertz CT molecular complexity index is 1540. The number of carbonyl (C=O) groups is 2. The van der Waals surface area contributed by atoms with Gasteiger partial charge in [0, 0.05) is 16.6 Å². The molecule has 2 atom stereocenters. The maximum Gasteiger partial charge on any atom is 0.317 e. The van der Waals surface area contributed by atoms with E-state index in [1.807, 2.05) is 137 Å². The lowest BCUT2D eigenvalue weighted by atomic mass is 10.1. The summed E-state index contributed by atoms with van der Waals surface area (Å²) in [5.41, 5.74) is 0.885. The SMILES string of the molecule is C/C=C\C(C=C/C=C(\C)c1nc(=C/C)/c(=C\c2cnc(C(/C=C\C(C)C(=O)OC(C)(C)C)=C/C)s2)s1)C(=O)OC(C)(C)C. The highest BCUT2D eigenvalue weighted by atomic mass is 32.1. The molecule has 0 amide bonds. The molecule has 0 aliphatic rings. The summed E-state index contributed by atoms with van der Waals surface area (Å²) < 4.78 is 12.1. The van der Waals surface area contributed by atoms with Gasteiger partial charge in [-0.05, 0) is 87.8 Å². The number of hydrogen-bond acceptors (Lipinski definition) is 8. The van der Waals surface area contributed by atoms with Crippen LogP contribution in [0.25, 0.3) is 23.3 Å². The van der Waals surface area contributed by atoms with E-state index in [2.05, 4.69) is 11.1 Å². The smallest absolute Gasteiger partial charge is 0.317 e. The van der Waals surface area contributed by atoms with Gasteiger partial charge in [-0.1, -0.05) is 54.7 Å². The van der Waals surface area contributed by atoms with Crippen LogP contribution in [0.4, 0.5) is 0 Å². The van der Waals surface area contributed by atoms with E-state index in [4.69, 9.17) is 14.5 Å². The minimum Gasteiger partial charge on any atom is -0.460 e. The Hall–Kier alpha value is -3.36. The minimum atomic E-state index is -0.540. The molecule has 0 aromatic carbocycles. The average molecular weight is 623 g/mol. The molecule has 2 rings (SSSR count). The molecule has 232 valence electrons. The third-order valence-corrected chi connectivity index (χ3v) is 7.88. The normalized spacial score (nSPS) is 16.1. The molecular formula is C35H46N2O4S2. The highest BCUT2D eigenvalue weighted by Gasteiger charge is 2.21. The largest absolute Gasteiger partial charge is 0.460 e. The molecule has 2 aromatic heterocycles. The van der Waals surface area contributed by atoms with Crippen LogP contribution in [-0.2, 0) is 19.1 Å². The maximum atomic E-state index is 12.6. The number of nitrogens with zero attached hydrogens (tertiary/aromatic N) is 2. The highest BCUT2D eigenvalue weighted by Crippen LogP contribution is 2.24. The summed E-state index contributed by atoms with van der Waals surface area (Å²) in [7, 11) is 0. The van der Waals surface area contributed by atoms with E-state index in [9.17, 15) is 9.59 Å². The van der Waals surface area contributed by atoms with E-state index < -0.39 is 17.1 Å². The zero-order chi connectivity index (χ0) is 32.4. The van der Waals surface area contributed by atoms with E-state index in [0.29, 0.717) is 0 Å². The van der Waals surface area contributed by atoms with E-state index in [0.717, 1.165) is 35.9 Å². The quantitative estimate of drug-likeness (QED) is 0.154. The Labute approximate surface area is 265 Å². The third kappa shape index (κ3) is 12.0.